The van der Waals surface area contributed by atoms with E-state index in [2.05, 4.69) is 78.5 Å². The molecule has 9 rings (SSSR count). The van der Waals surface area contributed by atoms with Crippen molar-refractivity contribution in [3.63, 3.8) is 0 Å². The molecule has 63 heavy (non-hydrogen) atoms. The maximum absolute atomic E-state index is 13.6. The van der Waals surface area contributed by atoms with E-state index >= 15 is 0 Å². The lowest BCUT2D eigenvalue weighted by molar-refractivity contribution is -0.146. The van der Waals surface area contributed by atoms with E-state index < -0.39 is 10.8 Å². The Morgan fingerprint density at radius 2 is 1.02 bits per heavy atom. The Labute approximate surface area is 388 Å². The molecule has 0 atom stereocenters. The Kier molecular flexibility index (Phi) is 15.8. The lowest BCUT2D eigenvalue weighted by Crippen LogP contribution is -2.57. The van der Waals surface area contributed by atoms with E-state index in [1.54, 1.807) is 4.90 Å². The van der Waals surface area contributed by atoms with Crippen molar-refractivity contribution in [3.8, 4) is 0 Å². The lowest BCUT2D eigenvalue weighted by Gasteiger charge is -2.49. The quantitative estimate of drug-likeness (QED) is 0.159. The number of ether oxygens (including phenoxy) is 1. The number of hydrogen-bond donors (Lipinski definition) is 0. The second-order valence-electron chi connectivity index (χ2n) is 19.5. The Hall–Kier alpha value is -3.72. The van der Waals surface area contributed by atoms with Crippen molar-refractivity contribution >= 4 is 35.0 Å². The van der Waals surface area contributed by atoms with Gasteiger partial charge in [-0.25, -0.2) is 0 Å². The molecule has 0 N–H and O–H groups in total. The van der Waals surface area contributed by atoms with Crippen LogP contribution in [0.25, 0.3) is 0 Å². The van der Waals surface area contributed by atoms with Crippen molar-refractivity contribution in [3.05, 3.63) is 141 Å². The first-order chi connectivity index (χ1) is 30.4. The number of piperidine rings is 2. The molecular formula is C54H70Cl2N4O3. The Balaban J connectivity index is 0.000000170. The van der Waals surface area contributed by atoms with Gasteiger partial charge in [0, 0.05) is 74.4 Å². The summed E-state index contributed by atoms with van der Waals surface area (Å²) < 4.78 is 4.94. The van der Waals surface area contributed by atoms with E-state index in [-0.39, 0.29) is 17.2 Å². The van der Waals surface area contributed by atoms with Crippen LogP contribution in [0.15, 0.2) is 109 Å². The largest absolute Gasteiger partial charge is 0.381 e. The van der Waals surface area contributed by atoms with Gasteiger partial charge in [0.15, 0.2) is 0 Å². The average molecular weight is 894 g/mol. The van der Waals surface area contributed by atoms with Gasteiger partial charge in [-0.1, -0.05) is 121 Å². The number of amides is 2. The summed E-state index contributed by atoms with van der Waals surface area (Å²) in [5, 5.41) is 1.53. The number of likely N-dealkylation sites (tertiary alicyclic amines) is 2. The molecule has 0 unspecified atom stereocenters. The van der Waals surface area contributed by atoms with E-state index in [1.165, 1.54) is 75.7 Å². The molecule has 5 fully saturated rings. The summed E-state index contributed by atoms with van der Waals surface area (Å²) in [7, 11) is 8.05. The molecule has 2 amide bonds. The van der Waals surface area contributed by atoms with E-state index in [9.17, 15) is 9.59 Å². The highest BCUT2D eigenvalue weighted by Gasteiger charge is 2.51. The fourth-order valence-corrected chi connectivity index (χ4v) is 11.3. The maximum Gasteiger partial charge on any atom is 0.233 e. The first kappa shape index (κ1) is 47.2. The standard InChI is InChI=1S/C25H29ClN2O2.C25H33ClN2.C4H8O/c1-27(2)22(29)25(19-7-4-3-5-8-19)15-17-28(18-16-25)23(30)24(13-6-14-24)20-9-11-21(26)12-10-20;1-27(2)19-25(21-7-4-3-5-8-21)15-17-28(18-16-25)20-24(13-6-14-24)22-9-11-23(26)12-10-22;1-2-4-5-3-1/h3-5,7-12H,6,13-18H2,1-2H3;3-5,7-12H,6,13-20H2,1-2H3;1-4H2. The smallest absolute Gasteiger partial charge is 0.233 e. The Morgan fingerprint density at radius 1 is 0.540 bits per heavy atom. The number of benzene rings is 4. The van der Waals surface area contributed by atoms with Crippen molar-refractivity contribution in [1.82, 2.24) is 19.6 Å². The number of halogens is 2. The minimum Gasteiger partial charge on any atom is -0.381 e. The van der Waals surface area contributed by atoms with Crippen molar-refractivity contribution in [2.24, 2.45) is 0 Å². The van der Waals surface area contributed by atoms with Crippen LogP contribution in [0.5, 0.6) is 0 Å². The average Bonchev–Trinajstić information content (AvgIpc) is 3.88. The molecule has 0 radical (unpaired) electrons. The molecule has 0 bridgehead atoms. The van der Waals surface area contributed by atoms with Crippen LogP contribution < -0.4 is 0 Å². The summed E-state index contributed by atoms with van der Waals surface area (Å²) in [6, 6.07) is 37.6. The first-order valence-electron chi connectivity index (χ1n) is 23.5. The molecule has 5 aliphatic rings. The van der Waals surface area contributed by atoms with Gasteiger partial charge in [-0.15, -0.1) is 0 Å². The van der Waals surface area contributed by atoms with E-state index in [4.69, 9.17) is 27.9 Å². The van der Waals surface area contributed by atoms with Crippen LogP contribution >= 0.6 is 23.2 Å². The predicted molar refractivity (Wildman–Crippen MR) is 259 cm³/mol. The van der Waals surface area contributed by atoms with Crippen molar-refractivity contribution < 1.29 is 14.3 Å². The zero-order valence-electron chi connectivity index (χ0n) is 38.3. The molecule has 2 aliphatic carbocycles. The van der Waals surface area contributed by atoms with Gasteiger partial charge >= 0.3 is 0 Å². The highest BCUT2D eigenvalue weighted by molar-refractivity contribution is 6.30. The highest BCUT2D eigenvalue weighted by atomic mass is 35.5. The molecule has 0 spiro atoms. The Bertz CT molecular complexity index is 2040. The van der Waals surface area contributed by atoms with E-state index in [1.807, 2.05) is 73.6 Å². The van der Waals surface area contributed by atoms with Crippen LogP contribution in [-0.2, 0) is 36.0 Å². The summed E-state index contributed by atoms with van der Waals surface area (Å²) in [5.41, 5.74) is 4.75. The summed E-state index contributed by atoms with van der Waals surface area (Å²) in [5.74, 6) is 0.326. The van der Waals surface area contributed by atoms with E-state index in [0.717, 1.165) is 55.2 Å². The third kappa shape index (κ3) is 10.7. The van der Waals surface area contributed by atoms with Gasteiger partial charge in [0.25, 0.3) is 0 Å². The molecule has 3 heterocycles. The molecule has 4 aromatic rings. The second kappa shape index (κ2) is 21.1. The fraction of sp³-hybridized carbons (Fsp3) is 0.519. The van der Waals surface area contributed by atoms with Crippen molar-refractivity contribution in [2.45, 2.75) is 98.7 Å². The predicted octanol–water partition coefficient (Wildman–Crippen LogP) is 10.6. The van der Waals surface area contributed by atoms with Gasteiger partial charge in [-0.2, -0.15) is 0 Å². The maximum atomic E-state index is 13.6. The van der Waals surface area contributed by atoms with E-state index in [0.29, 0.717) is 36.4 Å². The molecule has 338 valence electrons. The minimum absolute atomic E-state index is 0.122. The number of rotatable bonds is 10. The third-order valence-corrected chi connectivity index (χ3v) is 15.5. The monoisotopic (exact) mass is 892 g/mol. The van der Waals surface area contributed by atoms with Gasteiger partial charge in [0.05, 0.1) is 10.8 Å². The van der Waals surface area contributed by atoms with Crippen molar-refractivity contribution in [1.29, 1.82) is 0 Å². The Morgan fingerprint density at radius 3 is 1.44 bits per heavy atom. The number of carbonyl (C=O) groups excluding carboxylic acids is 2. The molecular weight excluding hydrogens is 824 g/mol. The second-order valence-corrected chi connectivity index (χ2v) is 20.4. The fourth-order valence-electron chi connectivity index (χ4n) is 11.1. The van der Waals surface area contributed by atoms with Crippen LogP contribution in [0.1, 0.15) is 99.3 Å². The number of likely N-dealkylation sites (N-methyl/N-ethyl adjacent to an activating group) is 2. The molecule has 4 aromatic carbocycles. The van der Waals surface area contributed by atoms with Crippen molar-refractivity contribution in [2.75, 3.05) is 80.7 Å². The zero-order chi connectivity index (χ0) is 44.5. The molecule has 9 heteroatoms. The van der Waals surface area contributed by atoms with Gasteiger partial charge < -0.3 is 24.3 Å². The molecule has 0 aromatic heterocycles. The van der Waals surface area contributed by atoms with Gasteiger partial charge in [-0.05, 0) is 138 Å². The first-order valence-corrected chi connectivity index (χ1v) is 24.3. The summed E-state index contributed by atoms with van der Waals surface area (Å²) >= 11 is 12.2. The summed E-state index contributed by atoms with van der Waals surface area (Å²) in [6.45, 7) is 7.91. The van der Waals surface area contributed by atoms with Crippen LogP contribution in [0, 0.1) is 0 Å². The molecule has 2 saturated carbocycles. The normalized spacial score (nSPS) is 20.8. The molecule has 3 aliphatic heterocycles. The highest BCUT2D eigenvalue weighted by Crippen LogP contribution is 2.48. The number of hydrogen-bond acceptors (Lipinski definition) is 5. The van der Waals surface area contributed by atoms with Gasteiger partial charge in [0.2, 0.25) is 11.8 Å². The summed E-state index contributed by atoms with van der Waals surface area (Å²) in [6.07, 6.45) is 13.1. The van der Waals surface area contributed by atoms with Crippen LogP contribution in [-0.4, -0.2) is 112 Å². The summed E-state index contributed by atoms with van der Waals surface area (Å²) in [4.78, 5) is 35.6. The number of carbonyl (C=O) groups is 2. The van der Waals surface area contributed by atoms with Crippen LogP contribution in [0.4, 0.5) is 0 Å². The third-order valence-electron chi connectivity index (χ3n) is 15.0. The van der Waals surface area contributed by atoms with Crippen LogP contribution in [0.2, 0.25) is 10.0 Å². The lowest BCUT2D eigenvalue weighted by atomic mass is 9.63. The molecule has 3 saturated heterocycles. The topological polar surface area (TPSA) is 56.3 Å². The van der Waals surface area contributed by atoms with Crippen LogP contribution in [0.3, 0.4) is 0 Å². The van der Waals surface area contributed by atoms with Gasteiger partial charge in [-0.3, -0.25) is 9.59 Å². The molecule has 7 nitrogen and oxygen atoms in total. The SMILES string of the molecule is C1CCOC1.CN(C)C(=O)C1(c2ccccc2)CCN(C(=O)C2(c3ccc(Cl)cc3)CCC2)CC1.CN(C)CC1(c2ccccc2)CCN(CC2(c3ccc(Cl)cc3)CCC2)CC1. The minimum atomic E-state index is -0.561. The van der Waals surface area contributed by atoms with Gasteiger partial charge in [0.1, 0.15) is 0 Å². The number of nitrogens with zero attached hydrogens (tertiary/aromatic N) is 4. The zero-order valence-corrected chi connectivity index (χ0v) is 39.8.